The Kier molecular flexibility index (Phi) is 3.21. The van der Waals surface area contributed by atoms with E-state index in [0.717, 1.165) is 30.9 Å². The average molecular weight is 259 g/mol. The third-order valence-electron chi connectivity index (χ3n) is 4.71. The maximum atomic E-state index is 12.6. The van der Waals surface area contributed by atoms with Crippen molar-refractivity contribution >= 4 is 5.91 Å². The fraction of sp³-hybridized carbons (Fsp3) is 0.562. The minimum atomic E-state index is 0.137. The summed E-state index contributed by atoms with van der Waals surface area (Å²) in [6.45, 7) is 2.73. The Morgan fingerprint density at radius 1 is 1.26 bits per heavy atom. The van der Waals surface area contributed by atoms with Gasteiger partial charge in [0, 0.05) is 18.2 Å². The van der Waals surface area contributed by atoms with Crippen LogP contribution in [0.5, 0.6) is 5.75 Å². The van der Waals surface area contributed by atoms with Gasteiger partial charge < -0.3 is 10.0 Å². The predicted octanol–water partition coefficient (Wildman–Crippen LogP) is 3.11. The van der Waals surface area contributed by atoms with Gasteiger partial charge in [-0.05, 0) is 55.9 Å². The summed E-state index contributed by atoms with van der Waals surface area (Å²) in [4.78, 5) is 14.7. The first-order valence-corrected chi connectivity index (χ1v) is 7.27. The molecular formula is C16H21NO2. The van der Waals surface area contributed by atoms with Gasteiger partial charge in [-0.25, -0.2) is 0 Å². The summed E-state index contributed by atoms with van der Waals surface area (Å²) in [6, 6.07) is 5.61. The van der Waals surface area contributed by atoms with Crippen LogP contribution in [0.4, 0.5) is 0 Å². The average Bonchev–Trinajstić information content (AvgIpc) is 2.85. The summed E-state index contributed by atoms with van der Waals surface area (Å²) in [5, 5.41) is 9.55. The van der Waals surface area contributed by atoms with Crippen molar-refractivity contribution in [3.63, 3.8) is 0 Å². The fourth-order valence-corrected chi connectivity index (χ4v) is 3.61. The number of phenolic OH excluding ortho intramolecular Hbond substituents is 1. The van der Waals surface area contributed by atoms with E-state index in [-0.39, 0.29) is 11.7 Å². The number of nitrogens with zero attached hydrogens (tertiary/aromatic N) is 1. The van der Waals surface area contributed by atoms with Crippen LogP contribution in [0.25, 0.3) is 0 Å². The van der Waals surface area contributed by atoms with Gasteiger partial charge in [0.15, 0.2) is 0 Å². The predicted molar refractivity (Wildman–Crippen MR) is 74.2 cm³/mol. The molecule has 1 aliphatic carbocycles. The highest BCUT2D eigenvalue weighted by Gasteiger charge is 2.38. The molecule has 3 rings (SSSR count). The highest BCUT2D eigenvalue weighted by Crippen LogP contribution is 2.37. The second-order valence-electron chi connectivity index (χ2n) is 5.90. The van der Waals surface area contributed by atoms with Crippen LogP contribution >= 0.6 is 0 Å². The van der Waals surface area contributed by atoms with E-state index in [1.165, 1.54) is 19.3 Å². The maximum Gasteiger partial charge on any atom is 0.254 e. The van der Waals surface area contributed by atoms with Crippen molar-refractivity contribution in [3.05, 3.63) is 29.3 Å². The van der Waals surface area contributed by atoms with Crippen molar-refractivity contribution in [2.75, 3.05) is 6.54 Å². The first-order chi connectivity index (χ1) is 9.16. The minimum Gasteiger partial charge on any atom is -0.508 e. The van der Waals surface area contributed by atoms with E-state index in [2.05, 4.69) is 4.90 Å². The number of rotatable bonds is 1. The van der Waals surface area contributed by atoms with Gasteiger partial charge in [-0.3, -0.25) is 4.79 Å². The van der Waals surface area contributed by atoms with E-state index in [1.54, 1.807) is 18.2 Å². The molecule has 2 aliphatic rings. The molecule has 1 heterocycles. The summed E-state index contributed by atoms with van der Waals surface area (Å²) in [7, 11) is 0. The number of phenols is 1. The number of benzene rings is 1. The first kappa shape index (κ1) is 12.5. The van der Waals surface area contributed by atoms with E-state index in [1.807, 2.05) is 6.92 Å². The Morgan fingerprint density at radius 3 is 2.84 bits per heavy atom. The SMILES string of the molecule is Cc1cc(C(=O)N2CCC3CCCCC32)ccc1O. The number of likely N-dealkylation sites (tertiary alicyclic amines) is 1. The van der Waals surface area contributed by atoms with Crippen LogP contribution in [0, 0.1) is 12.8 Å². The van der Waals surface area contributed by atoms with Gasteiger partial charge in [-0.15, -0.1) is 0 Å². The van der Waals surface area contributed by atoms with Crippen molar-refractivity contribution < 1.29 is 9.90 Å². The second-order valence-corrected chi connectivity index (χ2v) is 5.90. The molecular weight excluding hydrogens is 238 g/mol. The lowest BCUT2D eigenvalue weighted by atomic mass is 9.85. The highest BCUT2D eigenvalue weighted by molar-refractivity contribution is 5.95. The van der Waals surface area contributed by atoms with Crippen LogP contribution in [0.2, 0.25) is 0 Å². The Labute approximate surface area is 114 Å². The molecule has 0 spiro atoms. The number of fused-ring (bicyclic) bond motifs is 1. The zero-order chi connectivity index (χ0) is 13.4. The van der Waals surface area contributed by atoms with Crippen molar-refractivity contribution in [3.8, 4) is 5.75 Å². The van der Waals surface area contributed by atoms with Gasteiger partial charge in [-0.1, -0.05) is 12.8 Å². The number of carbonyl (C=O) groups excluding carboxylic acids is 1. The lowest BCUT2D eigenvalue weighted by Crippen LogP contribution is -2.39. The van der Waals surface area contributed by atoms with E-state index < -0.39 is 0 Å². The highest BCUT2D eigenvalue weighted by atomic mass is 16.3. The monoisotopic (exact) mass is 259 g/mol. The molecule has 1 saturated heterocycles. The van der Waals surface area contributed by atoms with Crippen molar-refractivity contribution in [2.45, 2.75) is 45.1 Å². The molecule has 0 aromatic heterocycles. The van der Waals surface area contributed by atoms with E-state index >= 15 is 0 Å². The largest absolute Gasteiger partial charge is 0.508 e. The van der Waals surface area contributed by atoms with Crippen LogP contribution < -0.4 is 0 Å². The van der Waals surface area contributed by atoms with E-state index in [4.69, 9.17) is 0 Å². The lowest BCUT2D eigenvalue weighted by Gasteiger charge is -2.31. The van der Waals surface area contributed by atoms with E-state index in [9.17, 15) is 9.90 Å². The molecule has 2 fully saturated rings. The van der Waals surface area contributed by atoms with Crippen LogP contribution in [0.15, 0.2) is 18.2 Å². The number of amides is 1. The van der Waals surface area contributed by atoms with Gasteiger partial charge >= 0.3 is 0 Å². The number of aryl methyl sites for hydroxylation is 1. The number of hydrogen-bond donors (Lipinski definition) is 1. The molecule has 0 bridgehead atoms. The summed E-state index contributed by atoms with van der Waals surface area (Å²) < 4.78 is 0. The summed E-state index contributed by atoms with van der Waals surface area (Å²) >= 11 is 0. The smallest absolute Gasteiger partial charge is 0.254 e. The molecule has 19 heavy (non-hydrogen) atoms. The fourth-order valence-electron chi connectivity index (χ4n) is 3.61. The molecule has 2 atom stereocenters. The third-order valence-corrected chi connectivity index (χ3v) is 4.71. The quantitative estimate of drug-likeness (QED) is 0.842. The Morgan fingerprint density at radius 2 is 2.05 bits per heavy atom. The van der Waals surface area contributed by atoms with Crippen molar-refractivity contribution in [1.29, 1.82) is 0 Å². The second kappa shape index (κ2) is 4.87. The van der Waals surface area contributed by atoms with Crippen LogP contribution in [-0.4, -0.2) is 28.5 Å². The molecule has 1 N–H and O–H groups in total. The molecule has 1 aromatic rings. The van der Waals surface area contributed by atoms with Gasteiger partial charge in [0.1, 0.15) is 5.75 Å². The molecule has 3 heteroatoms. The van der Waals surface area contributed by atoms with Crippen LogP contribution in [-0.2, 0) is 0 Å². The zero-order valence-corrected chi connectivity index (χ0v) is 11.4. The molecule has 1 aromatic carbocycles. The third kappa shape index (κ3) is 2.22. The van der Waals surface area contributed by atoms with Crippen LogP contribution in [0.1, 0.15) is 48.0 Å². The Balaban J connectivity index is 1.81. The van der Waals surface area contributed by atoms with Crippen molar-refractivity contribution in [2.24, 2.45) is 5.92 Å². The standard InChI is InChI=1S/C16H21NO2/c1-11-10-13(6-7-15(11)18)16(19)17-9-8-12-4-2-3-5-14(12)17/h6-7,10,12,14,18H,2-5,8-9H2,1H3. The van der Waals surface area contributed by atoms with Gasteiger partial charge in [0.2, 0.25) is 0 Å². The first-order valence-electron chi connectivity index (χ1n) is 7.27. The Bertz CT molecular complexity index is 498. The zero-order valence-electron chi connectivity index (χ0n) is 11.4. The Hall–Kier alpha value is -1.51. The summed E-state index contributed by atoms with van der Waals surface area (Å²) in [6.07, 6.45) is 6.17. The molecule has 2 unspecified atom stereocenters. The number of carbonyl (C=O) groups is 1. The van der Waals surface area contributed by atoms with Crippen molar-refractivity contribution in [1.82, 2.24) is 4.90 Å². The summed E-state index contributed by atoms with van der Waals surface area (Å²) in [5.41, 5.74) is 1.48. The molecule has 1 saturated carbocycles. The number of aromatic hydroxyl groups is 1. The van der Waals surface area contributed by atoms with E-state index in [0.29, 0.717) is 11.6 Å². The van der Waals surface area contributed by atoms with Gasteiger partial charge in [-0.2, -0.15) is 0 Å². The normalized spacial score (nSPS) is 26.3. The summed E-state index contributed by atoms with van der Waals surface area (Å²) in [5.74, 6) is 1.11. The number of hydrogen-bond acceptors (Lipinski definition) is 2. The topological polar surface area (TPSA) is 40.5 Å². The minimum absolute atomic E-state index is 0.137. The van der Waals surface area contributed by atoms with Gasteiger partial charge in [0.25, 0.3) is 5.91 Å². The van der Waals surface area contributed by atoms with Crippen LogP contribution in [0.3, 0.4) is 0 Å². The molecule has 0 radical (unpaired) electrons. The molecule has 102 valence electrons. The van der Waals surface area contributed by atoms with Gasteiger partial charge in [0.05, 0.1) is 0 Å². The lowest BCUT2D eigenvalue weighted by molar-refractivity contribution is 0.0690. The molecule has 1 amide bonds. The molecule has 1 aliphatic heterocycles. The maximum absolute atomic E-state index is 12.6. The molecule has 3 nitrogen and oxygen atoms in total.